The van der Waals surface area contributed by atoms with Gasteiger partial charge in [0, 0.05) is 6.42 Å². The largest absolute Gasteiger partial charge is 0.481 e. The predicted octanol–water partition coefficient (Wildman–Crippen LogP) is 4.91. The number of rotatable bonds is 15. The number of hydrogen-bond donors (Lipinski definition) is 1. The summed E-state index contributed by atoms with van der Waals surface area (Å²) >= 11 is 0. The third-order valence-corrected chi connectivity index (χ3v) is 5.38. The molecule has 1 N–H and O–H groups in total. The molecule has 1 heterocycles. The maximum absolute atomic E-state index is 11.5. The third kappa shape index (κ3) is 8.81. The molecule has 0 saturated carbocycles. The van der Waals surface area contributed by atoms with Gasteiger partial charge in [-0.25, -0.2) is 0 Å². The molecule has 5 nitrogen and oxygen atoms in total. The minimum absolute atomic E-state index is 0.295. The molecule has 3 atom stereocenters. The number of carboxylic acid groups (broad SMARTS) is 1. The van der Waals surface area contributed by atoms with Crippen LogP contribution in [0.25, 0.3) is 0 Å². The van der Waals surface area contributed by atoms with E-state index < -0.39 is 23.9 Å². The van der Waals surface area contributed by atoms with Gasteiger partial charge in [0.2, 0.25) is 0 Å². The van der Waals surface area contributed by atoms with Gasteiger partial charge in [-0.1, -0.05) is 64.7 Å². The standard InChI is InChI=1S/C21H36O5/c1-16(22)14-12-10-8-6-4-3-5-7-9-11-13-15-18-19(20(23)24)17(2)21(25)26-18/h17-19H,3-15H2,1-2H3,(H,23,24)/t17?,18-,19-/m1/s1. The lowest BCUT2D eigenvalue weighted by atomic mass is 9.89. The van der Waals surface area contributed by atoms with Crippen molar-refractivity contribution >= 4 is 17.7 Å². The van der Waals surface area contributed by atoms with Gasteiger partial charge < -0.3 is 14.6 Å². The summed E-state index contributed by atoms with van der Waals surface area (Å²) in [7, 11) is 0. The van der Waals surface area contributed by atoms with Gasteiger partial charge in [0.1, 0.15) is 17.8 Å². The number of Topliss-reactive ketones (excluding diaryl/α,β-unsaturated/α-hetero) is 1. The van der Waals surface area contributed by atoms with E-state index in [1.165, 1.54) is 44.9 Å². The van der Waals surface area contributed by atoms with Gasteiger partial charge in [-0.05, 0) is 26.2 Å². The molecular weight excluding hydrogens is 332 g/mol. The van der Waals surface area contributed by atoms with E-state index in [-0.39, 0.29) is 5.97 Å². The molecule has 1 unspecified atom stereocenters. The second-order valence-corrected chi connectivity index (χ2v) is 7.76. The molecule has 1 saturated heterocycles. The van der Waals surface area contributed by atoms with Gasteiger partial charge in [-0.15, -0.1) is 0 Å². The molecule has 150 valence electrons. The van der Waals surface area contributed by atoms with Crippen LogP contribution in [0.5, 0.6) is 0 Å². The highest BCUT2D eigenvalue weighted by atomic mass is 16.6. The van der Waals surface area contributed by atoms with Crippen LogP contribution in [0.15, 0.2) is 0 Å². The Labute approximate surface area is 157 Å². The lowest BCUT2D eigenvalue weighted by Crippen LogP contribution is -2.27. The summed E-state index contributed by atoms with van der Waals surface area (Å²) in [6.45, 7) is 3.30. The van der Waals surface area contributed by atoms with E-state index in [1.54, 1.807) is 13.8 Å². The highest BCUT2D eigenvalue weighted by Crippen LogP contribution is 2.31. The van der Waals surface area contributed by atoms with Gasteiger partial charge in [-0.2, -0.15) is 0 Å². The van der Waals surface area contributed by atoms with Crippen molar-refractivity contribution in [1.82, 2.24) is 0 Å². The van der Waals surface area contributed by atoms with E-state index in [1.807, 2.05) is 0 Å². The first-order valence-corrected chi connectivity index (χ1v) is 10.4. The monoisotopic (exact) mass is 368 g/mol. The highest BCUT2D eigenvalue weighted by Gasteiger charge is 2.45. The number of carbonyl (C=O) groups is 3. The van der Waals surface area contributed by atoms with Crippen LogP contribution in [0, 0.1) is 11.8 Å². The molecule has 1 aliphatic rings. The minimum Gasteiger partial charge on any atom is -0.481 e. The summed E-state index contributed by atoms with van der Waals surface area (Å²) in [6, 6.07) is 0. The number of ketones is 1. The van der Waals surface area contributed by atoms with Crippen LogP contribution >= 0.6 is 0 Å². The highest BCUT2D eigenvalue weighted by molar-refractivity contribution is 5.84. The van der Waals surface area contributed by atoms with Crippen molar-refractivity contribution in [1.29, 1.82) is 0 Å². The van der Waals surface area contributed by atoms with Crippen molar-refractivity contribution in [2.24, 2.45) is 11.8 Å². The average Bonchev–Trinajstić information content (AvgIpc) is 2.86. The molecule has 0 aromatic carbocycles. The Morgan fingerprint density at radius 3 is 1.81 bits per heavy atom. The smallest absolute Gasteiger partial charge is 0.311 e. The normalized spacial score (nSPS) is 22.4. The Morgan fingerprint density at radius 1 is 0.885 bits per heavy atom. The van der Waals surface area contributed by atoms with Crippen molar-refractivity contribution in [3.63, 3.8) is 0 Å². The summed E-state index contributed by atoms with van der Waals surface area (Å²) in [6.07, 6.45) is 13.8. The van der Waals surface area contributed by atoms with Crippen LogP contribution in [-0.2, 0) is 19.1 Å². The Kier molecular flexibility index (Phi) is 11.2. The van der Waals surface area contributed by atoms with E-state index in [9.17, 15) is 19.5 Å². The van der Waals surface area contributed by atoms with Gasteiger partial charge in [0.15, 0.2) is 0 Å². The molecule has 1 aliphatic heterocycles. The van der Waals surface area contributed by atoms with Crippen LogP contribution in [-0.4, -0.2) is 28.9 Å². The molecule has 1 rings (SSSR count). The Hall–Kier alpha value is -1.39. The predicted molar refractivity (Wildman–Crippen MR) is 101 cm³/mol. The molecule has 0 amide bonds. The lowest BCUT2D eigenvalue weighted by Gasteiger charge is -2.15. The first-order chi connectivity index (χ1) is 12.4. The van der Waals surface area contributed by atoms with Gasteiger partial charge in [-0.3, -0.25) is 9.59 Å². The third-order valence-electron chi connectivity index (χ3n) is 5.38. The molecule has 0 spiro atoms. The van der Waals surface area contributed by atoms with Gasteiger partial charge in [0.25, 0.3) is 0 Å². The van der Waals surface area contributed by atoms with E-state index in [4.69, 9.17) is 4.74 Å². The van der Waals surface area contributed by atoms with E-state index >= 15 is 0 Å². The summed E-state index contributed by atoms with van der Waals surface area (Å²) in [5.41, 5.74) is 0. The molecule has 26 heavy (non-hydrogen) atoms. The maximum atomic E-state index is 11.5. The molecule has 0 aliphatic carbocycles. The Morgan fingerprint density at radius 2 is 1.35 bits per heavy atom. The van der Waals surface area contributed by atoms with Gasteiger partial charge >= 0.3 is 11.9 Å². The molecule has 0 radical (unpaired) electrons. The Balaban J connectivity index is 1.93. The molecule has 0 aromatic rings. The zero-order valence-corrected chi connectivity index (χ0v) is 16.5. The number of unbranched alkanes of at least 4 members (excludes halogenated alkanes) is 10. The molecular formula is C21H36O5. The van der Waals surface area contributed by atoms with Crippen molar-refractivity contribution in [3.05, 3.63) is 0 Å². The number of aliphatic carboxylic acids is 1. The van der Waals surface area contributed by atoms with E-state index in [0.717, 1.165) is 32.1 Å². The van der Waals surface area contributed by atoms with Crippen LogP contribution in [0.2, 0.25) is 0 Å². The van der Waals surface area contributed by atoms with E-state index in [0.29, 0.717) is 12.2 Å². The second kappa shape index (κ2) is 12.9. The number of hydrogen-bond acceptors (Lipinski definition) is 4. The van der Waals surface area contributed by atoms with Gasteiger partial charge in [0.05, 0.1) is 5.92 Å². The fourth-order valence-corrected chi connectivity index (χ4v) is 3.72. The van der Waals surface area contributed by atoms with E-state index in [2.05, 4.69) is 0 Å². The van der Waals surface area contributed by atoms with Crippen LogP contribution in [0.1, 0.15) is 97.3 Å². The number of carboxylic acids is 1. The SMILES string of the molecule is CC(=O)CCCCCCCCCCCCC[C@H]1OC(=O)C(C)[C@H]1C(=O)O. The summed E-state index contributed by atoms with van der Waals surface area (Å²) < 4.78 is 5.22. The zero-order valence-electron chi connectivity index (χ0n) is 16.5. The topological polar surface area (TPSA) is 80.7 Å². The average molecular weight is 369 g/mol. The number of carbonyl (C=O) groups excluding carboxylic acids is 2. The first kappa shape index (κ1) is 22.7. The van der Waals surface area contributed by atoms with Crippen LogP contribution in [0.4, 0.5) is 0 Å². The van der Waals surface area contributed by atoms with Crippen LogP contribution in [0.3, 0.4) is 0 Å². The Bertz CT molecular complexity index is 446. The number of cyclic esters (lactones) is 1. The van der Waals surface area contributed by atoms with Crippen molar-refractivity contribution in [3.8, 4) is 0 Å². The molecule has 5 heteroatoms. The minimum atomic E-state index is -0.922. The first-order valence-electron chi connectivity index (χ1n) is 10.4. The zero-order chi connectivity index (χ0) is 19.4. The van der Waals surface area contributed by atoms with Crippen molar-refractivity contribution < 1.29 is 24.2 Å². The quantitative estimate of drug-likeness (QED) is 0.328. The lowest BCUT2D eigenvalue weighted by molar-refractivity contribution is -0.144. The van der Waals surface area contributed by atoms with Crippen molar-refractivity contribution in [2.75, 3.05) is 0 Å². The maximum Gasteiger partial charge on any atom is 0.311 e. The number of ether oxygens (including phenoxy) is 1. The molecule has 0 aromatic heterocycles. The summed E-state index contributed by atoms with van der Waals surface area (Å²) in [4.78, 5) is 33.6. The summed E-state index contributed by atoms with van der Waals surface area (Å²) in [5.74, 6) is -2.21. The van der Waals surface area contributed by atoms with Crippen LogP contribution < -0.4 is 0 Å². The number of esters is 1. The summed E-state index contributed by atoms with van der Waals surface area (Å²) in [5, 5.41) is 9.24. The fraction of sp³-hybridized carbons (Fsp3) is 0.857. The second-order valence-electron chi connectivity index (χ2n) is 7.76. The molecule has 0 bridgehead atoms. The van der Waals surface area contributed by atoms with Crippen molar-refractivity contribution in [2.45, 2.75) is 103 Å². The molecule has 1 fully saturated rings. The fourth-order valence-electron chi connectivity index (χ4n) is 3.72.